The van der Waals surface area contributed by atoms with E-state index in [0.717, 1.165) is 18.6 Å². The van der Waals surface area contributed by atoms with Crippen molar-refractivity contribution in [1.29, 1.82) is 0 Å². The highest BCUT2D eigenvalue weighted by atomic mass is 16.3. The normalized spacial score (nSPS) is 12.7. The largest absolute Gasteiger partial charge is 0.469 e. The van der Waals surface area contributed by atoms with Gasteiger partial charge in [-0.2, -0.15) is 0 Å². The summed E-state index contributed by atoms with van der Waals surface area (Å²) in [4.78, 5) is 0. The van der Waals surface area contributed by atoms with Gasteiger partial charge in [-0.1, -0.05) is 64.7 Å². The van der Waals surface area contributed by atoms with Crippen LogP contribution in [-0.4, -0.2) is 6.04 Å². The van der Waals surface area contributed by atoms with Gasteiger partial charge in [-0.15, -0.1) is 0 Å². The molecule has 0 spiro atoms. The fraction of sp³-hybridized carbons (Fsp3) is 0.765. The van der Waals surface area contributed by atoms with Gasteiger partial charge in [0.15, 0.2) is 0 Å². The number of hydrogen-bond acceptors (Lipinski definition) is 3. The molecule has 1 heterocycles. The summed E-state index contributed by atoms with van der Waals surface area (Å²) in [7, 11) is 0. The van der Waals surface area contributed by atoms with Crippen molar-refractivity contribution >= 4 is 0 Å². The molecule has 116 valence electrons. The zero-order valence-corrected chi connectivity index (χ0v) is 13.1. The lowest BCUT2D eigenvalue weighted by atomic mass is 10.0. The molecule has 0 saturated carbocycles. The van der Waals surface area contributed by atoms with Gasteiger partial charge in [0.2, 0.25) is 0 Å². The van der Waals surface area contributed by atoms with Crippen molar-refractivity contribution in [2.24, 2.45) is 5.84 Å². The van der Waals surface area contributed by atoms with Crippen LogP contribution in [0.2, 0.25) is 0 Å². The van der Waals surface area contributed by atoms with Gasteiger partial charge in [0, 0.05) is 12.5 Å². The predicted octanol–water partition coefficient (Wildman–Crippen LogP) is 4.57. The number of rotatable bonds is 13. The van der Waals surface area contributed by atoms with E-state index in [1.54, 1.807) is 6.26 Å². The number of nitrogens with two attached hydrogens (primary N) is 1. The minimum Gasteiger partial charge on any atom is -0.469 e. The molecular weight excluding hydrogens is 248 g/mol. The third-order valence-electron chi connectivity index (χ3n) is 3.92. The molecule has 1 aromatic heterocycles. The van der Waals surface area contributed by atoms with Gasteiger partial charge in [-0.05, 0) is 18.6 Å². The monoisotopic (exact) mass is 280 g/mol. The van der Waals surface area contributed by atoms with E-state index in [1.165, 1.54) is 57.8 Å². The first-order valence-electron chi connectivity index (χ1n) is 8.35. The van der Waals surface area contributed by atoms with E-state index in [-0.39, 0.29) is 0 Å². The summed E-state index contributed by atoms with van der Waals surface area (Å²) in [5.74, 6) is 6.62. The van der Waals surface area contributed by atoms with E-state index in [4.69, 9.17) is 10.3 Å². The highest BCUT2D eigenvalue weighted by Crippen LogP contribution is 2.13. The van der Waals surface area contributed by atoms with E-state index < -0.39 is 0 Å². The second-order valence-corrected chi connectivity index (χ2v) is 5.76. The van der Waals surface area contributed by atoms with Gasteiger partial charge in [0.1, 0.15) is 5.76 Å². The molecule has 1 rings (SSSR count). The molecule has 3 nitrogen and oxygen atoms in total. The highest BCUT2D eigenvalue weighted by molar-refractivity contribution is 5.00. The van der Waals surface area contributed by atoms with Crippen molar-refractivity contribution in [3.63, 3.8) is 0 Å². The third kappa shape index (κ3) is 8.39. The first-order valence-corrected chi connectivity index (χ1v) is 8.35. The second kappa shape index (κ2) is 12.0. The molecule has 0 bridgehead atoms. The smallest absolute Gasteiger partial charge is 0.105 e. The van der Waals surface area contributed by atoms with Crippen LogP contribution in [0.1, 0.15) is 76.9 Å². The van der Waals surface area contributed by atoms with Crippen LogP contribution in [-0.2, 0) is 6.42 Å². The molecule has 0 radical (unpaired) electrons. The van der Waals surface area contributed by atoms with Gasteiger partial charge in [-0.3, -0.25) is 11.3 Å². The van der Waals surface area contributed by atoms with Crippen LogP contribution in [0.5, 0.6) is 0 Å². The zero-order chi connectivity index (χ0) is 14.5. The van der Waals surface area contributed by atoms with Crippen LogP contribution in [0.15, 0.2) is 22.8 Å². The topological polar surface area (TPSA) is 51.2 Å². The van der Waals surface area contributed by atoms with E-state index >= 15 is 0 Å². The number of hydrogen-bond donors (Lipinski definition) is 2. The fourth-order valence-corrected chi connectivity index (χ4v) is 2.62. The summed E-state index contributed by atoms with van der Waals surface area (Å²) < 4.78 is 5.36. The van der Waals surface area contributed by atoms with Crippen molar-refractivity contribution in [3.05, 3.63) is 24.2 Å². The fourth-order valence-electron chi connectivity index (χ4n) is 2.62. The molecule has 0 aromatic carbocycles. The second-order valence-electron chi connectivity index (χ2n) is 5.76. The van der Waals surface area contributed by atoms with Gasteiger partial charge < -0.3 is 4.42 Å². The predicted molar refractivity (Wildman–Crippen MR) is 85.4 cm³/mol. The summed E-state index contributed by atoms with van der Waals surface area (Å²) in [5, 5.41) is 0. The van der Waals surface area contributed by atoms with E-state index in [0.29, 0.717) is 6.04 Å². The molecule has 1 atom stereocenters. The lowest BCUT2D eigenvalue weighted by Gasteiger charge is -2.14. The first kappa shape index (κ1) is 17.3. The standard InChI is InChI=1S/C17H32N2O/c1-2-3-4-5-6-7-8-9-10-12-16(19-18)15-17-13-11-14-20-17/h11,13-14,16,19H,2-10,12,15,18H2,1H3. The van der Waals surface area contributed by atoms with Gasteiger partial charge in [-0.25, -0.2) is 0 Å². The van der Waals surface area contributed by atoms with Crippen molar-refractivity contribution in [2.45, 2.75) is 83.6 Å². The Morgan fingerprint density at radius 2 is 1.70 bits per heavy atom. The van der Waals surface area contributed by atoms with Gasteiger partial charge >= 0.3 is 0 Å². The molecule has 0 saturated heterocycles. The molecule has 3 N–H and O–H groups in total. The number of hydrazine groups is 1. The Kier molecular flexibility index (Phi) is 10.3. The van der Waals surface area contributed by atoms with Crippen LogP contribution in [0.25, 0.3) is 0 Å². The minimum atomic E-state index is 0.339. The lowest BCUT2D eigenvalue weighted by molar-refractivity contribution is 0.415. The van der Waals surface area contributed by atoms with Crippen molar-refractivity contribution < 1.29 is 4.42 Å². The maximum absolute atomic E-state index is 5.61. The molecular formula is C17H32N2O. The Morgan fingerprint density at radius 1 is 1.05 bits per heavy atom. The third-order valence-corrected chi connectivity index (χ3v) is 3.92. The molecule has 0 fully saturated rings. The van der Waals surface area contributed by atoms with E-state index in [2.05, 4.69) is 12.3 Å². The van der Waals surface area contributed by atoms with Crippen molar-refractivity contribution in [1.82, 2.24) is 5.43 Å². The number of furan rings is 1. The van der Waals surface area contributed by atoms with Crippen LogP contribution in [0.4, 0.5) is 0 Å². The van der Waals surface area contributed by atoms with Crippen molar-refractivity contribution in [3.8, 4) is 0 Å². The maximum atomic E-state index is 5.61. The number of nitrogens with one attached hydrogen (secondary N) is 1. The summed E-state index contributed by atoms with van der Waals surface area (Å²) in [6.07, 6.45) is 16.1. The van der Waals surface area contributed by atoms with Crippen LogP contribution in [0, 0.1) is 0 Å². The Morgan fingerprint density at radius 3 is 2.25 bits per heavy atom. The minimum absolute atomic E-state index is 0.339. The van der Waals surface area contributed by atoms with E-state index in [1.807, 2.05) is 12.1 Å². The van der Waals surface area contributed by atoms with Crippen LogP contribution in [0.3, 0.4) is 0 Å². The molecule has 0 aliphatic carbocycles. The lowest BCUT2D eigenvalue weighted by Crippen LogP contribution is -2.36. The zero-order valence-electron chi connectivity index (χ0n) is 13.1. The van der Waals surface area contributed by atoms with E-state index in [9.17, 15) is 0 Å². The Hall–Kier alpha value is -0.800. The van der Waals surface area contributed by atoms with Crippen LogP contribution >= 0.6 is 0 Å². The van der Waals surface area contributed by atoms with Crippen molar-refractivity contribution in [2.75, 3.05) is 0 Å². The Bertz CT molecular complexity index is 298. The molecule has 3 heteroatoms. The highest BCUT2D eigenvalue weighted by Gasteiger charge is 2.08. The Balaban J connectivity index is 1.93. The first-order chi connectivity index (χ1) is 9.86. The summed E-state index contributed by atoms with van der Waals surface area (Å²) >= 11 is 0. The maximum Gasteiger partial charge on any atom is 0.105 e. The Labute approximate surface area is 124 Å². The molecule has 20 heavy (non-hydrogen) atoms. The van der Waals surface area contributed by atoms with Crippen LogP contribution < -0.4 is 11.3 Å². The quantitative estimate of drug-likeness (QED) is 0.316. The van der Waals surface area contributed by atoms with Gasteiger partial charge in [0.05, 0.1) is 6.26 Å². The summed E-state index contributed by atoms with van der Waals surface area (Å²) in [5.41, 5.74) is 2.91. The summed E-state index contributed by atoms with van der Waals surface area (Å²) in [6, 6.07) is 4.29. The van der Waals surface area contributed by atoms with Gasteiger partial charge in [0.25, 0.3) is 0 Å². The average Bonchev–Trinajstić information content (AvgIpc) is 2.97. The molecule has 1 unspecified atom stereocenters. The number of unbranched alkanes of at least 4 members (excludes halogenated alkanes) is 8. The molecule has 0 amide bonds. The SMILES string of the molecule is CCCCCCCCCCCC(Cc1ccco1)NN. The average molecular weight is 280 g/mol. The molecule has 0 aliphatic heterocycles. The molecule has 1 aromatic rings. The summed E-state index contributed by atoms with van der Waals surface area (Å²) in [6.45, 7) is 2.27. The molecule has 0 aliphatic rings.